The van der Waals surface area contributed by atoms with Gasteiger partial charge >= 0.3 is 6.61 Å². The standard InChI is InChI=1S/C21H23F3N2OS/c1-26(11-12-27-21(23)24)10-9-16-13-25-18-3-2-4-19(20(16)18)28-14-15-5-7-17(22)8-6-15/h2-8,13,21,25H,9-12,14H2,1H3. The van der Waals surface area contributed by atoms with Crippen molar-refractivity contribution in [1.29, 1.82) is 0 Å². The van der Waals surface area contributed by atoms with Gasteiger partial charge in [0.1, 0.15) is 5.82 Å². The molecule has 0 aliphatic rings. The van der Waals surface area contributed by atoms with Gasteiger partial charge in [-0.1, -0.05) is 18.2 Å². The zero-order valence-electron chi connectivity index (χ0n) is 15.6. The molecule has 7 heteroatoms. The summed E-state index contributed by atoms with van der Waals surface area (Å²) in [5, 5.41) is 1.19. The van der Waals surface area contributed by atoms with Crippen LogP contribution >= 0.6 is 11.8 Å². The molecule has 0 saturated carbocycles. The van der Waals surface area contributed by atoms with Crippen molar-refractivity contribution in [3.05, 3.63) is 65.6 Å². The van der Waals surface area contributed by atoms with Crippen molar-refractivity contribution < 1.29 is 17.9 Å². The van der Waals surface area contributed by atoms with E-state index in [0.29, 0.717) is 6.54 Å². The molecule has 28 heavy (non-hydrogen) atoms. The Morgan fingerprint density at radius 3 is 2.64 bits per heavy atom. The lowest BCUT2D eigenvalue weighted by atomic mass is 10.1. The largest absolute Gasteiger partial charge is 0.361 e. The van der Waals surface area contributed by atoms with Crippen molar-refractivity contribution in [1.82, 2.24) is 9.88 Å². The Bertz CT molecular complexity index is 883. The molecule has 0 radical (unpaired) electrons. The van der Waals surface area contributed by atoms with Gasteiger partial charge in [-0.25, -0.2) is 4.39 Å². The number of alkyl halides is 2. The highest BCUT2D eigenvalue weighted by atomic mass is 32.2. The van der Waals surface area contributed by atoms with Crippen molar-refractivity contribution in [3.8, 4) is 0 Å². The van der Waals surface area contributed by atoms with Crippen molar-refractivity contribution >= 4 is 22.7 Å². The molecular weight excluding hydrogens is 385 g/mol. The minimum absolute atomic E-state index is 0.0147. The Kier molecular flexibility index (Phi) is 7.42. The number of H-pyrrole nitrogens is 1. The Labute approximate surface area is 166 Å². The number of hydrogen-bond acceptors (Lipinski definition) is 3. The van der Waals surface area contributed by atoms with Crippen LogP contribution in [0.25, 0.3) is 10.9 Å². The molecule has 2 aromatic carbocycles. The lowest BCUT2D eigenvalue weighted by Gasteiger charge is -2.16. The summed E-state index contributed by atoms with van der Waals surface area (Å²) < 4.78 is 41.5. The number of thioether (sulfide) groups is 1. The van der Waals surface area contributed by atoms with Gasteiger partial charge in [-0.2, -0.15) is 8.78 Å². The first-order chi connectivity index (χ1) is 13.5. The maximum Gasteiger partial charge on any atom is 0.345 e. The highest BCUT2D eigenvalue weighted by Crippen LogP contribution is 2.32. The quantitative estimate of drug-likeness (QED) is 0.461. The number of fused-ring (bicyclic) bond motifs is 1. The lowest BCUT2D eigenvalue weighted by molar-refractivity contribution is -0.131. The summed E-state index contributed by atoms with van der Waals surface area (Å²) in [6, 6.07) is 12.7. The Hall–Kier alpha value is -1.96. The van der Waals surface area contributed by atoms with E-state index in [-0.39, 0.29) is 12.4 Å². The van der Waals surface area contributed by atoms with E-state index < -0.39 is 6.61 Å². The fourth-order valence-corrected chi connectivity index (χ4v) is 4.07. The Morgan fingerprint density at radius 1 is 1.11 bits per heavy atom. The van der Waals surface area contributed by atoms with E-state index in [1.54, 1.807) is 23.9 Å². The molecule has 1 aromatic heterocycles. The number of benzene rings is 2. The van der Waals surface area contributed by atoms with Crippen LogP contribution in [0.5, 0.6) is 0 Å². The van der Waals surface area contributed by atoms with E-state index in [9.17, 15) is 13.2 Å². The number of halogens is 3. The monoisotopic (exact) mass is 408 g/mol. The van der Waals surface area contributed by atoms with Crippen LogP contribution in [0.15, 0.2) is 53.6 Å². The molecule has 0 unspecified atom stereocenters. The summed E-state index contributed by atoms with van der Waals surface area (Å²) in [6.45, 7) is -1.50. The summed E-state index contributed by atoms with van der Waals surface area (Å²) in [5.74, 6) is 0.529. The van der Waals surface area contributed by atoms with Gasteiger partial charge in [0.15, 0.2) is 0 Å². The van der Waals surface area contributed by atoms with Gasteiger partial charge in [0.05, 0.1) is 6.61 Å². The van der Waals surface area contributed by atoms with Crippen LogP contribution in [0.2, 0.25) is 0 Å². The van der Waals surface area contributed by atoms with Crippen LogP contribution in [0.4, 0.5) is 13.2 Å². The van der Waals surface area contributed by atoms with Gasteiger partial charge in [-0.3, -0.25) is 0 Å². The molecule has 0 saturated heterocycles. The normalized spacial score (nSPS) is 11.8. The molecule has 0 aliphatic carbocycles. The molecule has 0 spiro atoms. The molecule has 3 aromatic rings. The first kappa shape index (κ1) is 20.8. The van der Waals surface area contributed by atoms with Crippen LogP contribution in [0, 0.1) is 5.82 Å². The molecule has 3 rings (SSSR count). The smallest absolute Gasteiger partial charge is 0.345 e. The van der Waals surface area contributed by atoms with Crippen LogP contribution in [0.3, 0.4) is 0 Å². The third-order valence-corrected chi connectivity index (χ3v) is 5.67. The molecule has 1 heterocycles. The van der Waals surface area contributed by atoms with Gasteiger partial charge < -0.3 is 14.6 Å². The Balaban J connectivity index is 1.64. The van der Waals surface area contributed by atoms with Crippen LogP contribution < -0.4 is 0 Å². The molecule has 150 valence electrons. The highest BCUT2D eigenvalue weighted by molar-refractivity contribution is 7.98. The zero-order valence-corrected chi connectivity index (χ0v) is 16.4. The van der Waals surface area contributed by atoms with Gasteiger partial charge in [0.2, 0.25) is 0 Å². The summed E-state index contributed by atoms with van der Waals surface area (Å²) in [7, 11) is 1.90. The van der Waals surface area contributed by atoms with E-state index in [4.69, 9.17) is 0 Å². The third-order valence-electron chi connectivity index (χ3n) is 4.54. The number of aromatic amines is 1. The molecule has 0 atom stereocenters. The summed E-state index contributed by atoms with van der Waals surface area (Å²) in [6.07, 6.45) is 2.81. The average Bonchev–Trinajstić information content (AvgIpc) is 3.09. The highest BCUT2D eigenvalue weighted by Gasteiger charge is 2.11. The number of nitrogens with one attached hydrogen (secondary N) is 1. The second-order valence-corrected chi connectivity index (χ2v) is 7.61. The van der Waals surface area contributed by atoms with E-state index in [2.05, 4.69) is 15.8 Å². The topological polar surface area (TPSA) is 28.3 Å². The predicted molar refractivity (Wildman–Crippen MR) is 107 cm³/mol. The first-order valence-electron chi connectivity index (χ1n) is 9.07. The molecule has 0 aliphatic heterocycles. The van der Waals surface area contributed by atoms with Crippen LogP contribution in [-0.2, 0) is 16.9 Å². The van der Waals surface area contributed by atoms with Crippen LogP contribution in [0.1, 0.15) is 11.1 Å². The first-order valence-corrected chi connectivity index (χ1v) is 10.1. The van der Waals surface area contributed by atoms with Gasteiger partial charge in [0.25, 0.3) is 0 Å². The predicted octanol–water partition coefficient (Wildman–Crippen LogP) is 5.31. The molecule has 0 fully saturated rings. The van der Waals surface area contributed by atoms with Crippen molar-refractivity contribution in [2.75, 3.05) is 26.7 Å². The fourth-order valence-electron chi connectivity index (χ4n) is 3.00. The van der Waals surface area contributed by atoms with Gasteiger partial charge in [-0.15, -0.1) is 11.8 Å². The molecule has 3 nitrogen and oxygen atoms in total. The van der Waals surface area contributed by atoms with Gasteiger partial charge in [0, 0.05) is 40.8 Å². The molecule has 0 amide bonds. The van der Waals surface area contributed by atoms with Crippen molar-refractivity contribution in [2.24, 2.45) is 0 Å². The van der Waals surface area contributed by atoms with E-state index in [1.807, 2.05) is 30.3 Å². The fraction of sp³-hybridized carbons (Fsp3) is 0.333. The lowest BCUT2D eigenvalue weighted by Crippen LogP contribution is -2.26. The number of hydrogen-bond donors (Lipinski definition) is 1. The zero-order chi connectivity index (χ0) is 19.9. The second kappa shape index (κ2) is 10.0. The average molecular weight is 408 g/mol. The SMILES string of the molecule is CN(CCOC(F)F)CCc1c[nH]c2cccc(SCc3ccc(F)cc3)c12. The molecule has 0 bridgehead atoms. The number of nitrogens with zero attached hydrogens (tertiary/aromatic N) is 1. The third kappa shape index (κ3) is 5.77. The maximum absolute atomic E-state index is 13.1. The van der Waals surface area contributed by atoms with Crippen LogP contribution in [-0.4, -0.2) is 43.2 Å². The Morgan fingerprint density at radius 2 is 1.89 bits per heavy atom. The number of aromatic nitrogens is 1. The van der Waals surface area contributed by atoms with Crippen molar-refractivity contribution in [2.45, 2.75) is 23.7 Å². The summed E-state index contributed by atoms with van der Waals surface area (Å²) in [5.41, 5.74) is 3.33. The molecular formula is C21H23F3N2OS. The summed E-state index contributed by atoms with van der Waals surface area (Å²) in [4.78, 5) is 6.46. The second-order valence-electron chi connectivity index (χ2n) is 6.59. The minimum atomic E-state index is -2.72. The van der Waals surface area contributed by atoms with E-state index >= 15 is 0 Å². The minimum Gasteiger partial charge on any atom is -0.361 e. The summed E-state index contributed by atoms with van der Waals surface area (Å²) >= 11 is 1.72. The molecule has 1 N–H and O–H groups in total. The van der Waals surface area contributed by atoms with E-state index in [0.717, 1.165) is 29.8 Å². The number of rotatable bonds is 10. The van der Waals surface area contributed by atoms with E-state index in [1.165, 1.54) is 28.0 Å². The number of likely N-dealkylation sites (N-methyl/N-ethyl adjacent to an activating group) is 1. The maximum atomic E-state index is 13.1. The van der Waals surface area contributed by atoms with Gasteiger partial charge in [-0.05, 0) is 48.9 Å². The van der Waals surface area contributed by atoms with Crippen molar-refractivity contribution in [3.63, 3.8) is 0 Å². The number of ether oxygens (including phenoxy) is 1.